The number of hydrogen-bond donors (Lipinski definition) is 1. The lowest BCUT2D eigenvalue weighted by atomic mass is 9.90. The van der Waals surface area contributed by atoms with Gasteiger partial charge in [-0.2, -0.15) is 13.2 Å². The Balaban J connectivity index is 2.10. The van der Waals surface area contributed by atoms with Gasteiger partial charge in [-0.25, -0.2) is 4.39 Å². The molecule has 0 radical (unpaired) electrons. The molecule has 8 heteroatoms. The normalized spacial score (nSPS) is 21.0. The number of fused-ring (bicyclic) bond motifs is 1. The average molecular weight is 325 g/mol. The summed E-state index contributed by atoms with van der Waals surface area (Å²) < 4.78 is 54.0. The summed E-state index contributed by atoms with van der Waals surface area (Å²) in [6.45, 7) is 1.58. The van der Waals surface area contributed by atoms with E-state index >= 15 is 0 Å². The van der Waals surface area contributed by atoms with E-state index < -0.39 is 23.1 Å². The molecule has 4 nitrogen and oxygen atoms in total. The molecule has 122 valence electrons. The zero-order chi connectivity index (χ0) is 17.0. The number of halogens is 4. The van der Waals surface area contributed by atoms with Crippen LogP contribution in [0.25, 0.3) is 5.73 Å². The van der Waals surface area contributed by atoms with Gasteiger partial charge in [0.05, 0.1) is 17.8 Å². The number of nitrogens with two attached hydrogens (primary N) is 1. The van der Waals surface area contributed by atoms with E-state index in [2.05, 4.69) is 4.99 Å². The van der Waals surface area contributed by atoms with Crippen LogP contribution in [-0.4, -0.2) is 10.4 Å². The SMILES string of the molecule is CC1(c2cc([NH-])ccc2F)Cn2cc(C(F)(F)F)cc2C(N)=N1. The maximum absolute atomic E-state index is 14.1. The largest absolute Gasteiger partial charge is 0.699 e. The van der Waals surface area contributed by atoms with Gasteiger partial charge in [0, 0.05) is 11.8 Å². The lowest BCUT2D eigenvalue weighted by Gasteiger charge is -2.32. The first-order valence-corrected chi connectivity index (χ1v) is 6.75. The number of nitrogens with zero attached hydrogens (tertiary/aromatic N) is 2. The van der Waals surface area contributed by atoms with Crippen LogP contribution in [0.4, 0.5) is 23.2 Å². The van der Waals surface area contributed by atoms with Gasteiger partial charge >= 0.3 is 6.18 Å². The number of nitrogens with one attached hydrogen (secondary N) is 1. The molecule has 0 fully saturated rings. The van der Waals surface area contributed by atoms with Gasteiger partial charge in [0.25, 0.3) is 0 Å². The van der Waals surface area contributed by atoms with Crippen molar-refractivity contribution in [3.8, 4) is 0 Å². The third kappa shape index (κ3) is 2.54. The molecule has 0 aliphatic carbocycles. The molecule has 3 rings (SSSR count). The van der Waals surface area contributed by atoms with E-state index in [1.54, 1.807) is 6.92 Å². The Morgan fingerprint density at radius 3 is 2.65 bits per heavy atom. The van der Waals surface area contributed by atoms with Crippen molar-refractivity contribution in [1.29, 1.82) is 0 Å². The van der Waals surface area contributed by atoms with Crippen molar-refractivity contribution in [1.82, 2.24) is 4.57 Å². The van der Waals surface area contributed by atoms with Crippen molar-refractivity contribution in [2.75, 3.05) is 0 Å². The molecule has 0 amide bonds. The molecule has 1 aromatic heterocycles. The predicted octanol–water partition coefficient (Wildman–Crippen LogP) is 3.96. The Hall–Kier alpha value is -2.51. The molecule has 0 saturated heterocycles. The summed E-state index contributed by atoms with van der Waals surface area (Å²) >= 11 is 0. The molecule has 1 atom stereocenters. The second kappa shape index (κ2) is 4.74. The monoisotopic (exact) mass is 325 g/mol. The van der Waals surface area contributed by atoms with Crippen LogP contribution >= 0.6 is 0 Å². The summed E-state index contributed by atoms with van der Waals surface area (Å²) in [7, 11) is 0. The van der Waals surface area contributed by atoms with E-state index in [1.807, 2.05) is 0 Å². The number of hydrogen-bond acceptors (Lipinski definition) is 2. The summed E-state index contributed by atoms with van der Waals surface area (Å²) in [5, 5.41) is 0. The number of benzene rings is 1. The summed E-state index contributed by atoms with van der Waals surface area (Å²) in [5.74, 6) is -0.671. The van der Waals surface area contributed by atoms with Gasteiger partial charge in [-0.05, 0) is 19.1 Å². The average Bonchev–Trinajstić information content (AvgIpc) is 2.85. The number of amidine groups is 1. The van der Waals surface area contributed by atoms with E-state index in [9.17, 15) is 17.6 Å². The minimum atomic E-state index is -4.49. The van der Waals surface area contributed by atoms with Crippen LogP contribution in [-0.2, 0) is 18.3 Å². The van der Waals surface area contributed by atoms with Crippen molar-refractivity contribution >= 4 is 11.5 Å². The number of aliphatic imine (C=N–C) groups is 1. The van der Waals surface area contributed by atoms with Crippen LogP contribution in [0.3, 0.4) is 0 Å². The van der Waals surface area contributed by atoms with Crippen molar-refractivity contribution < 1.29 is 17.6 Å². The predicted molar refractivity (Wildman–Crippen MR) is 77.9 cm³/mol. The maximum Gasteiger partial charge on any atom is 0.417 e. The van der Waals surface area contributed by atoms with Crippen molar-refractivity contribution in [2.24, 2.45) is 10.7 Å². The van der Waals surface area contributed by atoms with Gasteiger partial charge in [0.2, 0.25) is 0 Å². The van der Waals surface area contributed by atoms with Gasteiger partial charge in [-0.1, -0.05) is 12.1 Å². The Morgan fingerprint density at radius 1 is 1.30 bits per heavy atom. The Morgan fingerprint density at radius 2 is 2.00 bits per heavy atom. The fourth-order valence-electron chi connectivity index (χ4n) is 2.79. The molecule has 1 unspecified atom stereocenters. The molecule has 0 bridgehead atoms. The van der Waals surface area contributed by atoms with Crippen LogP contribution in [0.5, 0.6) is 0 Å². The molecule has 1 aliphatic rings. The van der Waals surface area contributed by atoms with E-state index in [1.165, 1.54) is 16.7 Å². The van der Waals surface area contributed by atoms with Gasteiger partial charge in [-0.15, -0.1) is 5.69 Å². The smallest absolute Gasteiger partial charge is 0.417 e. The fraction of sp³-hybridized carbons (Fsp3) is 0.267. The number of alkyl halides is 3. The Kier molecular flexibility index (Phi) is 3.17. The third-order valence-electron chi connectivity index (χ3n) is 3.88. The molecule has 0 saturated carbocycles. The molecular formula is C15H13F4N4-. The van der Waals surface area contributed by atoms with Gasteiger partial charge in [0.1, 0.15) is 17.2 Å². The van der Waals surface area contributed by atoms with Crippen LogP contribution < -0.4 is 5.73 Å². The first-order valence-electron chi connectivity index (χ1n) is 6.75. The highest BCUT2D eigenvalue weighted by Gasteiger charge is 2.38. The quantitative estimate of drug-likeness (QED) is 0.792. The second-order valence-electron chi connectivity index (χ2n) is 5.71. The standard InChI is InChI=1S/C15H13F4N4/c1-14(10-5-9(20)2-3-11(10)16)7-23-6-8(15(17,18)19)4-12(23)13(21)22-14/h2-6,20H,7H2,1H3,(H2,21,22)/q-1. The lowest BCUT2D eigenvalue weighted by Crippen LogP contribution is -2.37. The molecular weight excluding hydrogens is 312 g/mol. The lowest BCUT2D eigenvalue weighted by molar-refractivity contribution is -0.137. The molecule has 23 heavy (non-hydrogen) atoms. The van der Waals surface area contributed by atoms with Crippen molar-refractivity contribution in [2.45, 2.75) is 25.2 Å². The van der Waals surface area contributed by atoms with E-state index in [0.717, 1.165) is 18.3 Å². The van der Waals surface area contributed by atoms with E-state index in [0.29, 0.717) is 0 Å². The molecule has 3 N–H and O–H groups in total. The molecule has 2 aromatic rings. The van der Waals surface area contributed by atoms with Crippen LogP contribution in [0.1, 0.15) is 23.7 Å². The zero-order valence-electron chi connectivity index (χ0n) is 12.1. The highest BCUT2D eigenvalue weighted by atomic mass is 19.4. The first-order chi connectivity index (χ1) is 10.6. The van der Waals surface area contributed by atoms with Crippen LogP contribution in [0, 0.1) is 5.82 Å². The number of rotatable bonds is 1. The van der Waals surface area contributed by atoms with Crippen molar-refractivity contribution in [3.63, 3.8) is 0 Å². The van der Waals surface area contributed by atoms with Gasteiger partial charge in [0.15, 0.2) is 0 Å². The van der Waals surface area contributed by atoms with E-state index in [-0.39, 0.29) is 29.3 Å². The summed E-state index contributed by atoms with van der Waals surface area (Å²) in [4.78, 5) is 4.21. The summed E-state index contributed by atoms with van der Waals surface area (Å²) in [5.41, 5.74) is 11.8. The maximum atomic E-state index is 14.1. The minimum absolute atomic E-state index is 0.000509. The van der Waals surface area contributed by atoms with Gasteiger partial charge in [-0.3, -0.25) is 4.99 Å². The second-order valence-corrected chi connectivity index (χ2v) is 5.71. The Labute approximate surface area is 129 Å². The topological polar surface area (TPSA) is 67.1 Å². The highest BCUT2D eigenvalue weighted by molar-refractivity contribution is 5.97. The summed E-state index contributed by atoms with van der Waals surface area (Å²) in [6.07, 6.45) is -3.55. The first kappa shape index (κ1) is 15.4. The molecule has 1 aliphatic heterocycles. The minimum Gasteiger partial charge on any atom is -0.699 e. The molecule has 1 aromatic carbocycles. The highest BCUT2D eigenvalue weighted by Crippen LogP contribution is 2.38. The summed E-state index contributed by atoms with van der Waals surface area (Å²) in [6, 6.07) is 4.67. The molecule has 2 heterocycles. The molecule has 0 spiro atoms. The Bertz CT molecular complexity index is 806. The number of aromatic nitrogens is 1. The van der Waals surface area contributed by atoms with Gasteiger partial charge < -0.3 is 16.0 Å². The third-order valence-corrected chi connectivity index (χ3v) is 3.88. The van der Waals surface area contributed by atoms with Crippen LogP contribution in [0.15, 0.2) is 35.5 Å². The van der Waals surface area contributed by atoms with Crippen molar-refractivity contribution in [3.05, 3.63) is 58.8 Å². The fourth-order valence-corrected chi connectivity index (χ4v) is 2.79. The zero-order valence-corrected chi connectivity index (χ0v) is 12.1. The van der Waals surface area contributed by atoms with Crippen LogP contribution in [0.2, 0.25) is 0 Å². The van der Waals surface area contributed by atoms with E-state index in [4.69, 9.17) is 11.5 Å².